The van der Waals surface area contributed by atoms with Crippen LogP contribution in [0.15, 0.2) is 18.2 Å². The van der Waals surface area contributed by atoms with Crippen molar-refractivity contribution >= 4 is 5.91 Å². The Labute approximate surface area is 126 Å². The first-order chi connectivity index (χ1) is 10.0. The summed E-state index contributed by atoms with van der Waals surface area (Å²) in [6.07, 6.45) is 3.60. The third kappa shape index (κ3) is 5.05. The smallest absolute Gasteiger partial charge is 0.257 e. The normalized spacial score (nSPS) is 21.9. The minimum atomic E-state index is -0.202. The van der Waals surface area contributed by atoms with Gasteiger partial charge in [-0.15, -0.1) is 0 Å². The summed E-state index contributed by atoms with van der Waals surface area (Å²) < 4.78 is 5.55. The molecule has 0 bridgehead atoms. The number of hydrogen-bond donors (Lipinski definition) is 2. The minimum absolute atomic E-state index is 0.0408. The summed E-state index contributed by atoms with van der Waals surface area (Å²) in [7, 11) is 0. The molecule has 1 aromatic carbocycles. The van der Waals surface area contributed by atoms with E-state index in [0.717, 1.165) is 37.0 Å². The molecule has 1 saturated carbocycles. The van der Waals surface area contributed by atoms with Gasteiger partial charge in [-0.3, -0.25) is 4.79 Å². The van der Waals surface area contributed by atoms with Gasteiger partial charge >= 0.3 is 0 Å². The van der Waals surface area contributed by atoms with Crippen molar-refractivity contribution < 1.29 is 14.6 Å². The molecule has 1 aromatic rings. The average Bonchev–Trinajstić information content (AvgIpc) is 2.44. The number of benzene rings is 1. The number of amides is 1. The Hall–Kier alpha value is -1.55. The molecule has 4 heteroatoms. The molecule has 0 heterocycles. The molecule has 4 nitrogen and oxygen atoms in total. The summed E-state index contributed by atoms with van der Waals surface area (Å²) in [5, 5.41) is 12.5. The predicted octanol–water partition coefficient (Wildman–Crippen LogP) is 2.35. The molecular formula is C17H25NO3. The number of aliphatic hydroxyl groups excluding tert-OH is 1. The molecule has 2 rings (SSSR count). The van der Waals surface area contributed by atoms with Crippen LogP contribution in [0.1, 0.15) is 36.8 Å². The van der Waals surface area contributed by atoms with E-state index < -0.39 is 0 Å². The van der Waals surface area contributed by atoms with Crippen LogP contribution < -0.4 is 10.1 Å². The standard InChI is InChI=1S/C17H25NO3/c1-12-6-7-16(13(2)8-12)21-11-17(20)18-10-14-4-3-5-15(19)9-14/h6-8,14-15,19H,3-5,9-11H2,1-2H3,(H,18,20). The van der Waals surface area contributed by atoms with Crippen LogP contribution in [0.5, 0.6) is 5.75 Å². The van der Waals surface area contributed by atoms with Gasteiger partial charge in [0.05, 0.1) is 6.10 Å². The maximum Gasteiger partial charge on any atom is 0.257 e. The highest BCUT2D eigenvalue weighted by Crippen LogP contribution is 2.23. The molecule has 0 spiro atoms. The monoisotopic (exact) mass is 291 g/mol. The van der Waals surface area contributed by atoms with Gasteiger partial charge in [0.1, 0.15) is 5.75 Å². The fraction of sp³-hybridized carbons (Fsp3) is 0.588. The Balaban J connectivity index is 1.72. The molecule has 0 aliphatic heterocycles. The number of ether oxygens (including phenoxy) is 1. The number of nitrogens with one attached hydrogen (secondary N) is 1. The van der Waals surface area contributed by atoms with E-state index in [4.69, 9.17) is 4.74 Å². The van der Waals surface area contributed by atoms with E-state index in [1.807, 2.05) is 32.0 Å². The average molecular weight is 291 g/mol. The Morgan fingerprint density at radius 2 is 2.19 bits per heavy atom. The van der Waals surface area contributed by atoms with Crippen molar-refractivity contribution in [3.05, 3.63) is 29.3 Å². The van der Waals surface area contributed by atoms with Gasteiger partial charge in [-0.05, 0) is 50.7 Å². The van der Waals surface area contributed by atoms with Gasteiger partial charge < -0.3 is 15.2 Å². The van der Waals surface area contributed by atoms with Crippen LogP contribution >= 0.6 is 0 Å². The van der Waals surface area contributed by atoms with E-state index in [1.54, 1.807) is 0 Å². The van der Waals surface area contributed by atoms with Crippen LogP contribution in [-0.2, 0) is 4.79 Å². The highest BCUT2D eigenvalue weighted by atomic mass is 16.5. The van der Waals surface area contributed by atoms with E-state index in [2.05, 4.69) is 5.32 Å². The lowest BCUT2D eigenvalue weighted by molar-refractivity contribution is -0.123. The summed E-state index contributed by atoms with van der Waals surface area (Å²) in [4.78, 5) is 11.8. The van der Waals surface area contributed by atoms with Crippen molar-refractivity contribution in [3.8, 4) is 5.75 Å². The number of carbonyl (C=O) groups is 1. The molecule has 0 saturated heterocycles. The first kappa shape index (κ1) is 15.8. The van der Waals surface area contributed by atoms with Gasteiger partial charge in [0, 0.05) is 6.54 Å². The maximum absolute atomic E-state index is 11.8. The van der Waals surface area contributed by atoms with E-state index in [-0.39, 0.29) is 18.6 Å². The summed E-state index contributed by atoms with van der Waals surface area (Å²) in [5.41, 5.74) is 2.22. The second-order valence-electron chi connectivity index (χ2n) is 6.05. The molecule has 21 heavy (non-hydrogen) atoms. The Morgan fingerprint density at radius 3 is 2.90 bits per heavy atom. The lowest BCUT2D eigenvalue weighted by Crippen LogP contribution is -2.35. The second-order valence-corrected chi connectivity index (χ2v) is 6.05. The van der Waals surface area contributed by atoms with Crippen molar-refractivity contribution in [1.82, 2.24) is 5.32 Å². The third-order valence-electron chi connectivity index (χ3n) is 4.03. The zero-order valence-corrected chi connectivity index (χ0v) is 12.9. The van der Waals surface area contributed by atoms with Gasteiger partial charge in [-0.2, -0.15) is 0 Å². The van der Waals surface area contributed by atoms with Gasteiger partial charge in [-0.25, -0.2) is 0 Å². The van der Waals surface area contributed by atoms with Crippen LogP contribution in [0, 0.1) is 19.8 Å². The fourth-order valence-electron chi connectivity index (χ4n) is 2.86. The van der Waals surface area contributed by atoms with Gasteiger partial charge in [0.25, 0.3) is 5.91 Å². The SMILES string of the molecule is Cc1ccc(OCC(=O)NCC2CCCC(O)C2)c(C)c1. The Morgan fingerprint density at radius 1 is 1.38 bits per heavy atom. The molecule has 1 amide bonds. The lowest BCUT2D eigenvalue weighted by Gasteiger charge is -2.25. The molecular weight excluding hydrogens is 266 g/mol. The molecule has 116 valence electrons. The van der Waals surface area contributed by atoms with Gasteiger partial charge in [0.2, 0.25) is 0 Å². The van der Waals surface area contributed by atoms with E-state index >= 15 is 0 Å². The van der Waals surface area contributed by atoms with Crippen LogP contribution in [0.25, 0.3) is 0 Å². The van der Waals surface area contributed by atoms with Crippen molar-refractivity contribution in [2.24, 2.45) is 5.92 Å². The Kier molecular flexibility index (Phi) is 5.62. The zero-order valence-electron chi connectivity index (χ0n) is 12.9. The lowest BCUT2D eigenvalue weighted by atomic mass is 9.87. The molecule has 1 fully saturated rings. The molecule has 1 aliphatic rings. The van der Waals surface area contributed by atoms with Crippen molar-refractivity contribution in [2.45, 2.75) is 45.6 Å². The molecule has 2 unspecified atom stereocenters. The number of carbonyl (C=O) groups excluding carboxylic acids is 1. The highest BCUT2D eigenvalue weighted by molar-refractivity contribution is 5.77. The molecule has 2 atom stereocenters. The first-order valence-electron chi connectivity index (χ1n) is 7.69. The number of aliphatic hydroxyl groups is 1. The third-order valence-corrected chi connectivity index (χ3v) is 4.03. The minimum Gasteiger partial charge on any atom is -0.484 e. The first-order valence-corrected chi connectivity index (χ1v) is 7.69. The summed E-state index contributed by atoms with van der Waals surface area (Å²) >= 11 is 0. The highest BCUT2D eigenvalue weighted by Gasteiger charge is 2.20. The molecule has 0 aromatic heterocycles. The largest absolute Gasteiger partial charge is 0.484 e. The van der Waals surface area contributed by atoms with Crippen LogP contribution in [0.4, 0.5) is 0 Å². The number of hydrogen-bond acceptors (Lipinski definition) is 3. The van der Waals surface area contributed by atoms with Crippen molar-refractivity contribution in [1.29, 1.82) is 0 Å². The van der Waals surface area contributed by atoms with Crippen molar-refractivity contribution in [2.75, 3.05) is 13.2 Å². The predicted molar refractivity (Wildman–Crippen MR) is 82.4 cm³/mol. The van der Waals surface area contributed by atoms with Crippen LogP contribution in [0.3, 0.4) is 0 Å². The molecule has 0 radical (unpaired) electrons. The second kappa shape index (κ2) is 7.46. The summed E-state index contributed by atoms with van der Waals surface area (Å²) in [6, 6.07) is 5.91. The maximum atomic E-state index is 11.8. The quantitative estimate of drug-likeness (QED) is 0.875. The van der Waals surface area contributed by atoms with Crippen molar-refractivity contribution in [3.63, 3.8) is 0 Å². The zero-order chi connectivity index (χ0) is 15.2. The fourth-order valence-corrected chi connectivity index (χ4v) is 2.86. The van der Waals surface area contributed by atoms with E-state index in [1.165, 1.54) is 5.56 Å². The van der Waals surface area contributed by atoms with Gasteiger partial charge in [0.15, 0.2) is 6.61 Å². The van der Waals surface area contributed by atoms with Crippen LogP contribution in [-0.4, -0.2) is 30.3 Å². The van der Waals surface area contributed by atoms with Gasteiger partial charge in [-0.1, -0.05) is 24.1 Å². The summed E-state index contributed by atoms with van der Waals surface area (Å²) in [5.74, 6) is 1.04. The summed E-state index contributed by atoms with van der Waals surface area (Å²) in [6.45, 7) is 4.68. The topological polar surface area (TPSA) is 58.6 Å². The molecule has 1 aliphatic carbocycles. The van der Waals surface area contributed by atoms with E-state index in [0.29, 0.717) is 12.5 Å². The molecule has 2 N–H and O–H groups in total. The van der Waals surface area contributed by atoms with E-state index in [9.17, 15) is 9.90 Å². The Bertz CT molecular complexity index is 487. The number of aryl methyl sites for hydroxylation is 2. The van der Waals surface area contributed by atoms with Crippen LogP contribution in [0.2, 0.25) is 0 Å². The number of rotatable bonds is 5.